The standard InChI is InChI=1S/C20H22N2O3/c1-15-13-22(20(25)16-8-4-2-5-9-16)18(12-19(23)24)14-21(15)17-10-6-3-7-11-17/h2-11,15,18H,12-14H2,1H3,(H,23,24)/t15-,18+/m0/s1. The summed E-state index contributed by atoms with van der Waals surface area (Å²) in [5, 5.41) is 9.30. The second kappa shape index (κ2) is 7.38. The first kappa shape index (κ1) is 17.0. The summed E-state index contributed by atoms with van der Waals surface area (Å²) < 4.78 is 0. The number of carbonyl (C=O) groups excluding carboxylic acids is 1. The van der Waals surface area contributed by atoms with Gasteiger partial charge in [-0.2, -0.15) is 0 Å². The number of hydrogen-bond acceptors (Lipinski definition) is 3. The average molecular weight is 338 g/mol. The van der Waals surface area contributed by atoms with Gasteiger partial charge < -0.3 is 14.9 Å². The van der Waals surface area contributed by atoms with Gasteiger partial charge in [-0.15, -0.1) is 0 Å². The second-order valence-electron chi connectivity index (χ2n) is 6.41. The van der Waals surface area contributed by atoms with Crippen LogP contribution in [-0.4, -0.2) is 47.1 Å². The smallest absolute Gasteiger partial charge is 0.305 e. The lowest BCUT2D eigenvalue weighted by Crippen LogP contribution is -2.59. The van der Waals surface area contributed by atoms with E-state index < -0.39 is 5.97 Å². The Morgan fingerprint density at radius 1 is 1.00 bits per heavy atom. The fourth-order valence-electron chi connectivity index (χ4n) is 3.39. The van der Waals surface area contributed by atoms with Crippen molar-refractivity contribution < 1.29 is 14.7 Å². The Morgan fingerprint density at radius 3 is 2.20 bits per heavy atom. The van der Waals surface area contributed by atoms with Crippen molar-refractivity contribution in [1.82, 2.24) is 4.90 Å². The number of benzene rings is 2. The van der Waals surface area contributed by atoms with Crippen LogP contribution < -0.4 is 4.90 Å². The average Bonchev–Trinajstić information content (AvgIpc) is 2.63. The lowest BCUT2D eigenvalue weighted by atomic mass is 10.0. The molecule has 1 aliphatic heterocycles. The van der Waals surface area contributed by atoms with Gasteiger partial charge in [0.15, 0.2) is 0 Å². The molecule has 130 valence electrons. The van der Waals surface area contributed by atoms with Crippen molar-refractivity contribution in [3.05, 3.63) is 66.2 Å². The summed E-state index contributed by atoms with van der Waals surface area (Å²) in [6.07, 6.45) is -0.0609. The Morgan fingerprint density at radius 2 is 1.60 bits per heavy atom. The Balaban J connectivity index is 1.86. The third kappa shape index (κ3) is 3.82. The van der Waals surface area contributed by atoms with E-state index in [0.717, 1.165) is 5.69 Å². The third-order valence-electron chi connectivity index (χ3n) is 4.62. The number of rotatable bonds is 4. The van der Waals surface area contributed by atoms with Crippen LogP contribution in [0.15, 0.2) is 60.7 Å². The van der Waals surface area contributed by atoms with Crippen LogP contribution in [0, 0.1) is 0 Å². The van der Waals surface area contributed by atoms with Crippen LogP contribution in [0.5, 0.6) is 0 Å². The second-order valence-corrected chi connectivity index (χ2v) is 6.41. The highest BCUT2D eigenvalue weighted by molar-refractivity contribution is 5.95. The van der Waals surface area contributed by atoms with Crippen molar-refractivity contribution in [2.45, 2.75) is 25.4 Å². The molecule has 5 nitrogen and oxygen atoms in total. The number of aliphatic carboxylic acids is 1. The van der Waals surface area contributed by atoms with E-state index in [0.29, 0.717) is 18.7 Å². The first-order chi connectivity index (χ1) is 12.1. The van der Waals surface area contributed by atoms with Gasteiger partial charge in [0, 0.05) is 30.4 Å². The van der Waals surface area contributed by atoms with Gasteiger partial charge in [0.25, 0.3) is 5.91 Å². The first-order valence-corrected chi connectivity index (χ1v) is 8.45. The molecule has 2 aromatic carbocycles. The number of carbonyl (C=O) groups is 2. The maximum atomic E-state index is 12.9. The molecule has 0 saturated carbocycles. The quantitative estimate of drug-likeness (QED) is 0.931. The molecule has 1 N–H and O–H groups in total. The van der Waals surface area contributed by atoms with Crippen LogP contribution in [0.3, 0.4) is 0 Å². The normalized spacial score (nSPS) is 20.4. The van der Waals surface area contributed by atoms with Crippen molar-refractivity contribution >= 4 is 17.6 Å². The Kier molecular flexibility index (Phi) is 5.03. The Labute approximate surface area is 147 Å². The fraction of sp³-hybridized carbons (Fsp3) is 0.300. The minimum atomic E-state index is -0.890. The molecule has 1 fully saturated rings. The minimum Gasteiger partial charge on any atom is -0.481 e. The van der Waals surface area contributed by atoms with Crippen molar-refractivity contribution in [2.24, 2.45) is 0 Å². The maximum absolute atomic E-state index is 12.9. The van der Waals surface area contributed by atoms with Gasteiger partial charge in [-0.1, -0.05) is 36.4 Å². The van der Waals surface area contributed by atoms with Gasteiger partial charge >= 0.3 is 5.97 Å². The number of piperazine rings is 1. The molecule has 2 atom stereocenters. The highest BCUT2D eigenvalue weighted by Crippen LogP contribution is 2.25. The molecule has 25 heavy (non-hydrogen) atoms. The number of amides is 1. The van der Waals surface area contributed by atoms with Gasteiger partial charge in [-0.25, -0.2) is 0 Å². The molecule has 0 bridgehead atoms. The summed E-state index contributed by atoms with van der Waals surface area (Å²) in [7, 11) is 0. The Hall–Kier alpha value is -2.82. The molecule has 0 radical (unpaired) electrons. The molecule has 3 rings (SSSR count). The van der Waals surface area contributed by atoms with Crippen molar-refractivity contribution in [3.63, 3.8) is 0 Å². The number of carboxylic acids is 1. The van der Waals surface area contributed by atoms with Gasteiger partial charge in [0.1, 0.15) is 0 Å². The van der Waals surface area contributed by atoms with E-state index in [1.807, 2.05) is 48.5 Å². The van der Waals surface area contributed by atoms with E-state index in [1.54, 1.807) is 17.0 Å². The van der Waals surface area contributed by atoms with Crippen LogP contribution in [0.25, 0.3) is 0 Å². The number of hydrogen-bond donors (Lipinski definition) is 1. The zero-order valence-corrected chi connectivity index (χ0v) is 14.2. The van der Waals surface area contributed by atoms with Gasteiger partial charge in [-0.3, -0.25) is 9.59 Å². The zero-order chi connectivity index (χ0) is 17.8. The summed E-state index contributed by atoms with van der Waals surface area (Å²) >= 11 is 0. The number of para-hydroxylation sites is 1. The molecule has 0 unspecified atom stereocenters. The lowest BCUT2D eigenvalue weighted by Gasteiger charge is -2.46. The van der Waals surface area contributed by atoms with E-state index in [9.17, 15) is 14.7 Å². The van der Waals surface area contributed by atoms with E-state index in [2.05, 4.69) is 11.8 Å². The van der Waals surface area contributed by atoms with Crippen LogP contribution in [0.2, 0.25) is 0 Å². The summed E-state index contributed by atoms with van der Waals surface area (Å²) in [5.74, 6) is -0.996. The predicted octanol–water partition coefficient (Wildman–Crippen LogP) is 2.88. The highest BCUT2D eigenvalue weighted by atomic mass is 16.4. The van der Waals surface area contributed by atoms with E-state index in [1.165, 1.54) is 0 Å². The molecular formula is C20H22N2O3. The molecule has 1 amide bonds. The first-order valence-electron chi connectivity index (χ1n) is 8.45. The summed E-state index contributed by atoms with van der Waals surface area (Å²) in [4.78, 5) is 28.1. The number of anilines is 1. The van der Waals surface area contributed by atoms with E-state index >= 15 is 0 Å². The molecule has 5 heteroatoms. The molecule has 1 heterocycles. The minimum absolute atomic E-state index is 0.0609. The predicted molar refractivity (Wildman–Crippen MR) is 96.8 cm³/mol. The number of nitrogens with zero attached hydrogens (tertiary/aromatic N) is 2. The van der Waals surface area contributed by atoms with Crippen molar-refractivity contribution in [2.75, 3.05) is 18.0 Å². The maximum Gasteiger partial charge on any atom is 0.305 e. The summed E-state index contributed by atoms with van der Waals surface area (Å²) in [5.41, 5.74) is 1.65. The molecule has 0 spiro atoms. The van der Waals surface area contributed by atoms with Crippen molar-refractivity contribution in [1.29, 1.82) is 0 Å². The summed E-state index contributed by atoms with van der Waals surface area (Å²) in [6, 6.07) is 18.7. The van der Waals surface area contributed by atoms with Gasteiger partial charge in [0.2, 0.25) is 0 Å². The topological polar surface area (TPSA) is 60.9 Å². The Bertz CT molecular complexity index is 733. The molecular weight excluding hydrogens is 316 g/mol. The highest BCUT2D eigenvalue weighted by Gasteiger charge is 2.36. The lowest BCUT2D eigenvalue weighted by molar-refractivity contribution is -0.138. The SMILES string of the molecule is C[C@H]1CN(C(=O)c2ccccc2)[C@H](CC(=O)O)CN1c1ccccc1. The molecule has 0 aliphatic carbocycles. The van der Waals surface area contributed by atoms with Gasteiger partial charge in [0.05, 0.1) is 12.5 Å². The van der Waals surface area contributed by atoms with Crippen molar-refractivity contribution in [3.8, 4) is 0 Å². The van der Waals surface area contributed by atoms with Crippen LogP contribution in [0.1, 0.15) is 23.7 Å². The largest absolute Gasteiger partial charge is 0.481 e. The fourth-order valence-corrected chi connectivity index (χ4v) is 3.39. The molecule has 1 saturated heterocycles. The van der Waals surface area contributed by atoms with Crippen LogP contribution in [-0.2, 0) is 4.79 Å². The molecule has 2 aromatic rings. The zero-order valence-electron chi connectivity index (χ0n) is 14.2. The monoisotopic (exact) mass is 338 g/mol. The number of carboxylic acid groups (broad SMARTS) is 1. The third-order valence-corrected chi connectivity index (χ3v) is 4.62. The van der Waals surface area contributed by atoms with Gasteiger partial charge in [-0.05, 0) is 31.2 Å². The van der Waals surface area contributed by atoms with Crippen LogP contribution in [0.4, 0.5) is 5.69 Å². The van der Waals surface area contributed by atoms with E-state index in [4.69, 9.17) is 0 Å². The summed E-state index contributed by atoms with van der Waals surface area (Å²) in [6.45, 7) is 3.08. The molecule has 1 aliphatic rings. The van der Waals surface area contributed by atoms with E-state index in [-0.39, 0.29) is 24.4 Å². The van der Waals surface area contributed by atoms with Crippen LogP contribution >= 0.6 is 0 Å². The molecule has 0 aromatic heterocycles.